The second kappa shape index (κ2) is 11.5. The number of nitrogens with one attached hydrogen (secondary N) is 1. The number of aromatic nitrogens is 1. The van der Waals surface area contributed by atoms with Crippen LogP contribution < -0.4 is 10.2 Å². The van der Waals surface area contributed by atoms with E-state index in [0.29, 0.717) is 40.8 Å². The van der Waals surface area contributed by atoms with E-state index in [9.17, 15) is 18.7 Å². The topological polar surface area (TPSA) is 99.2 Å². The summed E-state index contributed by atoms with van der Waals surface area (Å²) in [5.74, 6) is 1.37. The van der Waals surface area contributed by atoms with Gasteiger partial charge in [0, 0.05) is 64.0 Å². The van der Waals surface area contributed by atoms with Crippen molar-refractivity contribution in [1.82, 2.24) is 10.3 Å². The maximum Gasteiger partial charge on any atom is 0.226 e. The molecule has 38 heavy (non-hydrogen) atoms. The lowest BCUT2D eigenvalue weighted by Gasteiger charge is -2.30. The van der Waals surface area contributed by atoms with Gasteiger partial charge in [-0.2, -0.15) is 5.26 Å². The van der Waals surface area contributed by atoms with Crippen molar-refractivity contribution in [3.05, 3.63) is 60.1 Å². The minimum atomic E-state index is -0.742. The Kier molecular flexibility index (Phi) is 7.89. The molecule has 198 valence electrons. The van der Waals surface area contributed by atoms with Gasteiger partial charge in [0.2, 0.25) is 11.8 Å². The molecule has 0 spiro atoms. The summed E-state index contributed by atoms with van der Waals surface area (Å²) in [5, 5.41) is 12.0. The van der Waals surface area contributed by atoms with E-state index in [4.69, 9.17) is 9.40 Å². The number of oxazole rings is 1. The molecular weight excluding hydrogens is 503 g/mol. The van der Waals surface area contributed by atoms with Gasteiger partial charge in [-0.05, 0) is 56.2 Å². The Morgan fingerprint density at radius 3 is 2.45 bits per heavy atom. The molecule has 0 bridgehead atoms. The number of carbonyl (C=O) groups is 1. The number of rotatable bonds is 6. The molecule has 1 saturated carbocycles. The number of halogens is 1. The maximum atomic E-state index is 13.6. The van der Waals surface area contributed by atoms with E-state index >= 15 is 0 Å². The Morgan fingerprint density at radius 1 is 1.11 bits per heavy atom. The largest absolute Gasteiger partial charge is 0.440 e. The Bertz CT molecular complexity index is 1340. The van der Waals surface area contributed by atoms with E-state index in [2.05, 4.69) is 16.3 Å². The summed E-state index contributed by atoms with van der Waals surface area (Å²) in [5.41, 5.74) is 3.27. The lowest BCUT2D eigenvalue weighted by Crippen LogP contribution is -2.40. The van der Waals surface area contributed by atoms with Gasteiger partial charge in [-0.1, -0.05) is 25.0 Å². The minimum Gasteiger partial charge on any atom is -0.440 e. The lowest BCUT2D eigenvalue weighted by molar-refractivity contribution is -0.127. The molecule has 1 N–H and O–H groups in total. The molecule has 0 radical (unpaired) electrons. The van der Waals surface area contributed by atoms with Crippen LogP contribution in [0.5, 0.6) is 0 Å². The van der Waals surface area contributed by atoms with Crippen molar-refractivity contribution in [2.45, 2.75) is 44.6 Å². The van der Waals surface area contributed by atoms with E-state index in [1.54, 1.807) is 19.1 Å². The van der Waals surface area contributed by atoms with Crippen LogP contribution in [-0.2, 0) is 15.6 Å². The number of anilines is 1. The molecule has 2 heterocycles. The van der Waals surface area contributed by atoms with Crippen LogP contribution >= 0.6 is 0 Å². The number of amides is 1. The second-order valence-corrected chi connectivity index (χ2v) is 11.7. The first kappa shape index (κ1) is 26.1. The fraction of sp³-hybridized carbons (Fsp3) is 0.414. The predicted octanol–water partition coefficient (Wildman–Crippen LogP) is 5.02. The van der Waals surface area contributed by atoms with E-state index in [0.717, 1.165) is 43.6 Å². The first-order valence-electron chi connectivity index (χ1n) is 13.1. The molecule has 3 aromatic rings. The first-order valence-corrected chi connectivity index (χ1v) is 14.6. The zero-order chi connectivity index (χ0) is 26.6. The van der Waals surface area contributed by atoms with Crippen LogP contribution in [0.15, 0.2) is 52.9 Å². The number of hydrogen-bond donors (Lipinski definition) is 1. The molecule has 1 saturated heterocycles. The van der Waals surface area contributed by atoms with Crippen LogP contribution in [0.4, 0.5) is 10.1 Å². The van der Waals surface area contributed by atoms with Crippen molar-refractivity contribution in [3.63, 3.8) is 0 Å². The summed E-state index contributed by atoms with van der Waals surface area (Å²) in [6, 6.07) is 15.6. The average Bonchev–Trinajstić information content (AvgIpc) is 3.39. The van der Waals surface area contributed by atoms with Crippen molar-refractivity contribution in [2.24, 2.45) is 5.92 Å². The molecular formula is C29H31FN4O3S. The van der Waals surface area contributed by atoms with Crippen LogP contribution in [0.2, 0.25) is 0 Å². The van der Waals surface area contributed by atoms with Crippen LogP contribution in [0.25, 0.3) is 22.7 Å². The molecule has 9 heteroatoms. The molecule has 2 fully saturated rings. The molecule has 1 amide bonds. The molecule has 7 nitrogen and oxygen atoms in total. The predicted molar refractivity (Wildman–Crippen MR) is 145 cm³/mol. The zero-order valence-corrected chi connectivity index (χ0v) is 22.2. The summed E-state index contributed by atoms with van der Waals surface area (Å²) in [6.45, 7) is 3.19. The van der Waals surface area contributed by atoms with Gasteiger partial charge in [0.25, 0.3) is 0 Å². The van der Waals surface area contributed by atoms with E-state index in [1.807, 2.05) is 24.3 Å². The third-order valence-electron chi connectivity index (χ3n) is 7.42. The molecule has 1 aliphatic carbocycles. The van der Waals surface area contributed by atoms with Crippen molar-refractivity contribution >= 4 is 22.4 Å². The zero-order valence-electron chi connectivity index (χ0n) is 21.4. The maximum absolute atomic E-state index is 13.6. The average molecular weight is 535 g/mol. The summed E-state index contributed by atoms with van der Waals surface area (Å²) < 4.78 is 31.7. The summed E-state index contributed by atoms with van der Waals surface area (Å²) >= 11 is 0. The molecule has 2 aromatic carbocycles. The third-order valence-corrected chi connectivity index (χ3v) is 8.70. The van der Waals surface area contributed by atoms with Gasteiger partial charge in [-0.3, -0.25) is 9.00 Å². The van der Waals surface area contributed by atoms with Crippen molar-refractivity contribution in [1.29, 1.82) is 5.26 Å². The number of nitriles is 1. The first-order chi connectivity index (χ1) is 18.4. The summed E-state index contributed by atoms with van der Waals surface area (Å²) in [6.07, 6.45) is 3.37. The monoisotopic (exact) mass is 534 g/mol. The number of benzene rings is 2. The van der Waals surface area contributed by atoms with Gasteiger partial charge in [-0.15, -0.1) is 0 Å². The van der Waals surface area contributed by atoms with Gasteiger partial charge in [0.15, 0.2) is 0 Å². The second-order valence-electron chi connectivity index (χ2n) is 9.98. The fourth-order valence-corrected chi connectivity index (χ4v) is 6.40. The quantitative estimate of drug-likeness (QED) is 0.477. The third kappa shape index (κ3) is 5.65. The normalized spacial score (nSPS) is 21.0. The van der Waals surface area contributed by atoms with Crippen LogP contribution in [-0.4, -0.2) is 45.7 Å². The summed E-state index contributed by atoms with van der Waals surface area (Å²) in [4.78, 5) is 20.2. The minimum absolute atomic E-state index is 0.146. The molecule has 3 atom stereocenters. The highest BCUT2D eigenvalue weighted by molar-refractivity contribution is 7.85. The Morgan fingerprint density at radius 2 is 1.76 bits per heavy atom. The highest BCUT2D eigenvalue weighted by Crippen LogP contribution is 2.44. The standard InChI is InChI=1S/C29H31FN4O3S/c1-19(18-31)32-28(35)25-5-3-2-4-24(25)27-26(33-29(37-27)21-6-10-22(30)11-7-21)20-8-12-23(13-9-20)34-14-16-38(36)17-15-34/h6-13,19,24-25H,2-5,14-17H2,1H3,(H,32,35)/t19-,24+,25+/m0/s1. The van der Waals surface area contributed by atoms with Gasteiger partial charge in [0.1, 0.15) is 23.3 Å². The van der Waals surface area contributed by atoms with E-state index < -0.39 is 16.8 Å². The van der Waals surface area contributed by atoms with Gasteiger partial charge in [0.05, 0.1) is 6.07 Å². The Labute approximate surface area is 224 Å². The number of carbonyl (C=O) groups excluding carboxylic acids is 1. The van der Waals surface area contributed by atoms with Crippen LogP contribution in [0.1, 0.15) is 44.3 Å². The lowest BCUT2D eigenvalue weighted by atomic mass is 9.76. The molecule has 1 aliphatic heterocycles. The SMILES string of the molecule is C[C@@H](C#N)NC(=O)[C@@H]1CCCC[C@H]1c1oc(-c2ccc(F)cc2)nc1-c1ccc(N2CCS(=O)CC2)cc1. The highest BCUT2D eigenvalue weighted by atomic mass is 32.2. The van der Waals surface area contributed by atoms with Crippen LogP contribution in [0.3, 0.4) is 0 Å². The van der Waals surface area contributed by atoms with Gasteiger partial charge < -0.3 is 14.6 Å². The summed E-state index contributed by atoms with van der Waals surface area (Å²) in [7, 11) is -0.742. The Hall–Kier alpha value is -3.51. The molecule has 5 rings (SSSR count). The molecule has 0 unspecified atom stereocenters. The Balaban J connectivity index is 1.51. The smallest absolute Gasteiger partial charge is 0.226 e. The highest BCUT2D eigenvalue weighted by Gasteiger charge is 2.37. The number of nitrogens with zero attached hydrogens (tertiary/aromatic N) is 3. The van der Waals surface area contributed by atoms with Crippen molar-refractivity contribution in [2.75, 3.05) is 29.5 Å². The number of hydrogen-bond acceptors (Lipinski definition) is 6. The van der Waals surface area contributed by atoms with E-state index in [-0.39, 0.29) is 23.6 Å². The van der Waals surface area contributed by atoms with E-state index in [1.165, 1.54) is 12.1 Å². The van der Waals surface area contributed by atoms with Gasteiger partial charge in [-0.25, -0.2) is 9.37 Å². The van der Waals surface area contributed by atoms with Gasteiger partial charge >= 0.3 is 0 Å². The molecule has 2 aliphatic rings. The van der Waals surface area contributed by atoms with Crippen LogP contribution in [0, 0.1) is 23.1 Å². The van der Waals surface area contributed by atoms with Crippen molar-refractivity contribution < 1.29 is 17.8 Å². The fourth-order valence-electron chi connectivity index (χ4n) is 5.34. The molecule has 1 aromatic heterocycles. The van der Waals surface area contributed by atoms with Crippen molar-refractivity contribution in [3.8, 4) is 28.8 Å².